The van der Waals surface area contributed by atoms with Gasteiger partial charge >= 0.3 is 0 Å². The fraction of sp³-hybridized carbons (Fsp3) is 0.294. The van der Waals surface area contributed by atoms with Crippen LogP contribution in [0.1, 0.15) is 11.4 Å². The number of nitrogens with zero attached hydrogens (tertiary/aromatic N) is 3. The van der Waals surface area contributed by atoms with Crippen molar-refractivity contribution in [3.8, 4) is 0 Å². The van der Waals surface area contributed by atoms with Crippen molar-refractivity contribution < 1.29 is 9.59 Å². The second-order valence-electron chi connectivity index (χ2n) is 5.84. The molecular formula is C17H16N4O2S2. The number of aromatic nitrogens is 2. The molecule has 3 aromatic rings. The molecule has 0 spiro atoms. The number of fused-ring (bicyclic) bond motifs is 1. The first-order valence-electron chi connectivity index (χ1n) is 8.03. The van der Waals surface area contributed by atoms with Gasteiger partial charge in [-0.15, -0.1) is 11.3 Å². The molecule has 4 rings (SSSR count). The van der Waals surface area contributed by atoms with Gasteiger partial charge in [0.15, 0.2) is 5.13 Å². The Morgan fingerprint density at radius 2 is 2.24 bits per heavy atom. The number of benzene rings is 1. The maximum absolute atomic E-state index is 12.3. The molecule has 8 heteroatoms. The number of rotatable bonds is 5. The molecule has 0 saturated carbocycles. The van der Waals surface area contributed by atoms with Crippen LogP contribution in [0.3, 0.4) is 0 Å². The van der Waals surface area contributed by atoms with Crippen LogP contribution in [0.4, 0.5) is 5.13 Å². The summed E-state index contributed by atoms with van der Waals surface area (Å²) in [5.74, 6) is -0.441. The second-order valence-corrected chi connectivity index (χ2v) is 7.82. The lowest BCUT2D eigenvalue weighted by Gasteiger charge is -2.13. The van der Waals surface area contributed by atoms with E-state index in [9.17, 15) is 9.59 Å². The summed E-state index contributed by atoms with van der Waals surface area (Å²) >= 11 is 3.06. The first kappa shape index (κ1) is 16.2. The van der Waals surface area contributed by atoms with Crippen molar-refractivity contribution in [1.82, 2.24) is 15.3 Å². The van der Waals surface area contributed by atoms with Crippen LogP contribution >= 0.6 is 22.7 Å². The zero-order valence-electron chi connectivity index (χ0n) is 13.3. The molecule has 2 amide bonds. The van der Waals surface area contributed by atoms with Crippen molar-refractivity contribution in [3.05, 3.63) is 40.8 Å². The van der Waals surface area contributed by atoms with Crippen LogP contribution in [-0.2, 0) is 16.0 Å². The summed E-state index contributed by atoms with van der Waals surface area (Å²) in [6, 6.07) is 7.80. The van der Waals surface area contributed by atoms with Gasteiger partial charge in [0.2, 0.25) is 11.8 Å². The number of thiazole rings is 2. The molecule has 0 radical (unpaired) electrons. The summed E-state index contributed by atoms with van der Waals surface area (Å²) in [5.41, 5.74) is 0.881. The SMILES string of the molecule is O=C(NCCc1nccs1)C1CC(=O)N(c2nc3ccccc3s2)C1. The van der Waals surface area contributed by atoms with Crippen LogP contribution in [0.2, 0.25) is 0 Å². The summed E-state index contributed by atoms with van der Waals surface area (Å²) in [5, 5.41) is 6.50. The molecule has 6 nitrogen and oxygen atoms in total. The van der Waals surface area contributed by atoms with Gasteiger partial charge in [-0.3, -0.25) is 14.5 Å². The number of para-hydroxylation sites is 1. The summed E-state index contributed by atoms with van der Waals surface area (Å²) in [6.07, 6.45) is 2.71. The van der Waals surface area contributed by atoms with Gasteiger partial charge in [0.1, 0.15) is 0 Å². The number of nitrogens with one attached hydrogen (secondary N) is 1. The van der Waals surface area contributed by atoms with E-state index in [0.29, 0.717) is 24.6 Å². The number of carbonyl (C=O) groups excluding carboxylic acids is 2. The van der Waals surface area contributed by atoms with Crippen LogP contribution in [0, 0.1) is 5.92 Å². The second kappa shape index (κ2) is 6.89. The predicted molar refractivity (Wildman–Crippen MR) is 98.9 cm³/mol. The third kappa shape index (κ3) is 3.40. The van der Waals surface area contributed by atoms with Crippen molar-refractivity contribution in [3.63, 3.8) is 0 Å². The van der Waals surface area contributed by atoms with Gasteiger partial charge in [0.25, 0.3) is 0 Å². The van der Waals surface area contributed by atoms with E-state index in [1.54, 1.807) is 22.4 Å². The van der Waals surface area contributed by atoms with Crippen LogP contribution in [0.15, 0.2) is 35.8 Å². The van der Waals surface area contributed by atoms with Gasteiger partial charge in [0, 0.05) is 37.5 Å². The summed E-state index contributed by atoms with van der Waals surface area (Å²) in [7, 11) is 0. The molecule has 2 aromatic heterocycles. The zero-order valence-corrected chi connectivity index (χ0v) is 15.0. The molecule has 1 fully saturated rings. The van der Waals surface area contributed by atoms with Gasteiger partial charge < -0.3 is 5.32 Å². The smallest absolute Gasteiger partial charge is 0.229 e. The van der Waals surface area contributed by atoms with E-state index in [-0.39, 0.29) is 24.2 Å². The van der Waals surface area contributed by atoms with Crippen molar-refractivity contribution in [2.75, 3.05) is 18.0 Å². The number of amides is 2. The standard InChI is InChI=1S/C17H16N4O2S2/c22-15-9-11(16(23)19-6-5-14-18-7-8-24-14)10-21(15)17-20-12-3-1-2-4-13(12)25-17/h1-4,7-8,11H,5-6,9-10H2,(H,19,23). The monoisotopic (exact) mass is 372 g/mol. The van der Waals surface area contributed by atoms with Gasteiger partial charge in [-0.05, 0) is 12.1 Å². The first-order valence-corrected chi connectivity index (χ1v) is 9.72. The Morgan fingerprint density at radius 1 is 1.36 bits per heavy atom. The molecular weight excluding hydrogens is 356 g/mol. The van der Waals surface area contributed by atoms with E-state index in [1.165, 1.54) is 11.3 Å². The lowest BCUT2D eigenvalue weighted by Crippen LogP contribution is -2.34. The lowest BCUT2D eigenvalue weighted by molar-refractivity contribution is -0.126. The molecule has 3 heterocycles. The Bertz CT molecular complexity index is 873. The Labute approximate surface area is 152 Å². The molecule has 1 saturated heterocycles. The Balaban J connectivity index is 1.38. The third-order valence-electron chi connectivity index (χ3n) is 4.13. The number of hydrogen-bond donors (Lipinski definition) is 1. The number of anilines is 1. The van der Waals surface area contributed by atoms with Crippen molar-refractivity contribution >= 4 is 49.8 Å². The van der Waals surface area contributed by atoms with E-state index in [1.807, 2.05) is 29.6 Å². The van der Waals surface area contributed by atoms with E-state index in [2.05, 4.69) is 15.3 Å². The molecule has 1 aliphatic rings. The predicted octanol–water partition coefficient (Wildman–Crippen LogP) is 2.46. The quantitative estimate of drug-likeness (QED) is 0.747. The van der Waals surface area contributed by atoms with Crippen molar-refractivity contribution in [1.29, 1.82) is 0 Å². The van der Waals surface area contributed by atoms with Crippen LogP contribution in [0.5, 0.6) is 0 Å². The van der Waals surface area contributed by atoms with Gasteiger partial charge in [0.05, 0.1) is 21.1 Å². The molecule has 0 bridgehead atoms. The molecule has 1 unspecified atom stereocenters. The van der Waals surface area contributed by atoms with E-state index < -0.39 is 0 Å². The highest BCUT2D eigenvalue weighted by Gasteiger charge is 2.36. The topological polar surface area (TPSA) is 75.2 Å². The minimum Gasteiger partial charge on any atom is -0.355 e. The zero-order chi connectivity index (χ0) is 17.2. The highest BCUT2D eigenvalue weighted by Crippen LogP contribution is 2.32. The maximum atomic E-state index is 12.3. The largest absolute Gasteiger partial charge is 0.355 e. The number of hydrogen-bond acceptors (Lipinski definition) is 6. The van der Waals surface area contributed by atoms with Crippen molar-refractivity contribution in [2.24, 2.45) is 5.92 Å². The Kier molecular flexibility index (Phi) is 4.46. The van der Waals surface area contributed by atoms with E-state index >= 15 is 0 Å². The average molecular weight is 372 g/mol. The molecule has 1 N–H and O–H groups in total. The lowest BCUT2D eigenvalue weighted by atomic mass is 10.1. The molecule has 128 valence electrons. The average Bonchev–Trinajstić information content (AvgIpc) is 3.33. The van der Waals surface area contributed by atoms with E-state index in [0.717, 1.165) is 15.2 Å². The molecule has 25 heavy (non-hydrogen) atoms. The molecule has 1 atom stereocenters. The van der Waals surface area contributed by atoms with Crippen LogP contribution in [-0.4, -0.2) is 34.9 Å². The fourth-order valence-corrected chi connectivity index (χ4v) is 4.47. The Hall–Kier alpha value is -2.32. The summed E-state index contributed by atoms with van der Waals surface area (Å²) < 4.78 is 1.04. The highest BCUT2D eigenvalue weighted by molar-refractivity contribution is 7.22. The highest BCUT2D eigenvalue weighted by atomic mass is 32.1. The molecule has 1 aliphatic heterocycles. The van der Waals surface area contributed by atoms with Crippen molar-refractivity contribution in [2.45, 2.75) is 12.8 Å². The minimum atomic E-state index is -0.323. The Morgan fingerprint density at radius 3 is 3.04 bits per heavy atom. The summed E-state index contributed by atoms with van der Waals surface area (Å²) in [4.78, 5) is 35.0. The third-order valence-corrected chi connectivity index (χ3v) is 6.03. The molecule has 1 aromatic carbocycles. The van der Waals surface area contributed by atoms with Crippen LogP contribution < -0.4 is 10.2 Å². The first-order chi connectivity index (χ1) is 12.2. The van der Waals surface area contributed by atoms with Gasteiger partial charge in [-0.1, -0.05) is 23.5 Å². The fourth-order valence-electron chi connectivity index (χ4n) is 2.86. The van der Waals surface area contributed by atoms with E-state index in [4.69, 9.17) is 0 Å². The van der Waals surface area contributed by atoms with Gasteiger partial charge in [-0.25, -0.2) is 9.97 Å². The normalized spacial score (nSPS) is 17.4. The molecule has 0 aliphatic carbocycles. The van der Waals surface area contributed by atoms with Crippen LogP contribution in [0.25, 0.3) is 10.2 Å². The minimum absolute atomic E-state index is 0.0425. The summed E-state index contributed by atoms with van der Waals surface area (Å²) in [6.45, 7) is 0.930. The number of carbonyl (C=O) groups is 2. The van der Waals surface area contributed by atoms with Gasteiger partial charge in [-0.2, -0.15) is 0 Å². The maximum Gasteiger partial charge on any atom is 0.229 e.